The second-order valence-corrected chi connectivity index (χ2v) is 4.54. The van der Waals surface area contributed by atoms with Gasteiger partial charge in [0, 0.05) is 19.2 Å². The minimum absolute atomic E-state index is 0. The Labute approximate surface area is 137 Å². The maximum absolute atomic E-state index is 12.2. The third-order valence-electron chi connectivity index (χ3n) is 3.46. The first kappa shape index (κ1) is 15.1. The first-order chi connectivity index (χ1) is 9.11. The van der Waals surface area contributed by atoms with Crippen LogP contribution < -0.4 is 39.7 Å². The van der Waals surface area contributed by atoms with Crippen LogP contribution in [0.4, 0.5) is 0 Å². The molecule has 1 N–H and O–H groups in total. The van der Waals surface area contributed by atoms with E-state index in [1.807, 2.05) is 13.0 Å². The molecule has 1 aliphatic rings. The van der Waals surface area contributed by atoms with Crippen LogP contribution in [-0.4, -0.2) is 22.2 Å². The zero-order valence-electron chi connectivity index (χ0n) is 11.5. The maximum Gasteiger partial charge on any atom is 1.00 e. The molecule has 0 spiro atoms. The van der Waals surface area contributed by atoms with E-state index in [1.54, 1.807) is 10.6 Å². The van der Waals surface area contributed by atoms with Crippen LogP contribution in [0.2, 0.25) is 0 Å². The summed E-state index contributed by atoms with van der Waals surface area (Å²) in [7, 11) is 0. The summed E-state index contributed by atoms with van der Waals surface area (Å²) in [5.74, 6) is -0.509. The third kappa shape index (κ3) is 2.26. The van der Waals surface area contributed by atoms with Crippen molar-refractivity contribution in [1.82, 2.24) is 4.57 Å². The summed E-state index contributed by atoms with van der Waals surface area (Å²) in [6.45, 7) is 3.13. The number of pyridine rings is 1. The number of carboxylic acid groups (broad SMARTS) is 1. The van der Waals surface area contributed by atoms with E-state index < -0.39 is 11.4 Å². The van der Waals surface area contributed by atoms with Crippen LogP contribution in [0, 0.1) is 0 Å². The van der Waals surface area contributed by atoms with E-state index in [9.17, 15) is 9.59 Å². The number of carbonyl (C=O) groups is 1. The van der Waals surface area contributed by atoms with E-state index in [2.05, 4.69) is 0 Å². The number of aromatic nitrogens is 1. The molecule has 1 aliphatic heterocycles. The average molecular weight is 282 g/mol. The molecule has 5 nitrogen and oxygen atoms in total. The van der Waals surface area contributed by atoms with Gasteiger partial charge in [-0.3, -0.25) is 4.79 Å². The summed E-state index contributed by atoms with van der Waals surface area (Å²) in [6, 6.07) is 3.59. The van der Waals surface area contributed by atoms with Gasteiger partial charge in [-0.05, 0) is 24.6 Å². The quantitative estimate of drug-likeness (QED) is 0.692. The number of hydrogen-bond acceptors (Lipinski definition) is 3. The molecule has 0 atom stereocenters. The SMILES string of the molecule is CCn1cc(C(=O)O)c(=O)c2cc3c(cc21)CCO3.[Na+]. The first-order valence-corrected chi connectivity index (χ1v) is 6.18. The van der Waals surface area contributed by atoms with Crippen molar-refractivity contribution in [3.63, 3.8) is 0 Å². The van der Waals surface area contributed by atoms with E-state index in [0.717, 1.165) is 17.5 Å². The Kier molecular flexibility index (Phi) is 4.22. The number of ether oxygens (including phenoxy) is 1. The smallest absolute Gasteiger partial charge is 0.493 e. The van der Waals surface area contributed by atoms with Crippen molar-refractivity contribution < 1.29 is 44.2 Å². The minimum Gasteiger partial charge on any atom is -0.493 e. The molecule has 2 heterocycles. The number of benzene rings is 1. The van der Waals surface area contributed by atoms with E-state index in [4.69, 9.17) is 9.84 Å². The van der Waals surface area contributed by atoms with Gasteiger partial charge in [0.25, 0.3) is 0 Å². The fourth-order valence-electron chi connectivity index (χ4n) is 2.47. The normalized spacial score (nSPS) is 12.7. The van der Waals surface area contributed by atoms with Gasteiger partial charge in [-0.2, -0.15) is 0 Å². The Morgan fingerprint density at radius 2 is 2.20 bits per heavy atom. The molecule has 1 aromatic carbocycles. The molecule has 6 heteroatoms. The Bertz CT molecular complexity index is 751. The largest absolute Gasteiger partial charge is 1.00 e. The van der Waals surface area contributed by atoms with Crippen LogP contribution >= 0.6 is 0 Å². The molecule has 0 radical (unpaired) electrons. The Balaban J connectivity index is 0.00000147. The molecule has 0 aliphatic carbocycles. The third-order valence-corrected chi connectivity index (χ3v) is 3.46. The van der Waals surface area contributed by atoms with Gasteiger partial charge >= 0.3 is 35.5 Å². The number of aromatic carboxylic acids is 1. The van der Waals surface area contributed by atoms with Crippen molar-refractivity contribution in [2.75, 3.05) is 6.61 Å². The van der Waals surface area contributed by atoms with Crippen LogP contribution in [-0.2, 0) is 13.0 Å². The van der Waals surface area contributed by atoms with Crippen LogP contribution in [0.3, 0.4) is 0 Å². The zero-order chi connectivity index (χ0) is 13.6. The molecule has 98 valence electrons. The monoisotopic (exact) mass is 282 g/mol. The summed E-state index contributed by atoms with van der Waals surface area (Å²) in [6.07, 6.45) is 2.24. The molecule has 0 amide bonds. The number of aryl methyl sites for hydroxylation is 1. The van der Waals surface area contributed by atoms with Crippen LogP contribution in [0.1, 0.15) is 22.8 Å². The second-order valence-electron chi connectivity index (χ2n) is 4.54. The fraction of sp³-hybridized carbons (Fsp3) is 0.286. The van der Waals surface area contributed by atoms with Crippen LogP contribution in [0.25, 0.3) is 10.9 Å². The average Bonchev–Trinajstić information content (AvgIpc) is 2.84. The molecule has 0 saturated carbocycles. The molecule has 1 aromatic heterocycles. The Hall–Kier alpha value is -1.30. The standard InChI is InChI=1S/C14H13NO4.Na/c1-2-15-7-10(14(17)18)13(16)9-6-12-8(3-4-19-12)5-11(9)15;/h5-7H,2-4H2,1H3,(H,17,18);/q;+1. The maximum atomic E-state index is 12.2. The van der Waals surface area contributed by atoms with Crippen LogP contribution in [0.5, 0.6) is 5.75 Å². The fourth-order valence-corrected chi connectivity index (χ4v) is 2.47. The van der Waals surface area contributed by atoms with Crippen molar-refractivity contribution >= 4 is 16.9 Å². The van der Waals surface area contributed by atoms with E-state index in [1.165, 1.54) is 6.20 Å². The van der Waals surface area contributed by atoms with Gasteiger partial charge in [0.05, 0.1) is 17.5 Å². The van der Waals surface area contributed by atoms with Crippen molar-refractivity contribution in [2.45, 2.75) is 19.9 Å². The number of hydrogen-bond donors (Lipinski definition) is 1. The summed E-state index contributed by atoms with van der Waals surface area (Å²) in [5, 5.41) is 9.50. The number of rotatable bonds is 2. The van der Waals surface area contributed by atoms with Gasteiger partial charge in [0.1, 0.15) is 11.3 Å². The van der Waals surface area contributed by atoms with Gasteiger partial charge in [0.15, 0.2) is 0 Å². The summed E-state index contributed by atoms with van der Waals surface area (Å²) >= 11 is 0. The molecule has 0 bridgehead atoms. The van der Waals surface area contributed by atoms with Gasteiger partial charge in [-0.1, -0.05) is 0 Å². The summed E-state index contributed by atoms with van der Waals surface area (Å²) in [4.78, 5) is 23.3. The summed E-state index contributed by atoms with van der Waals surface area (Å²) in [5.41, 5.74) is 1.18. The van der Waals surface area contributed by atoms with E-state index in [0.29, 0.717) is 24.3 Å². The molecule has 0 fully saturated rings. The molecular formula is C14H13NNaO4+. The Morgan fingerprint density at radius 3 is 2.85 bits per heavy atom. The molecular weight excluding hydrogens is 269 g/mol. The number of nitrogens with zero attached hydrogens (tertiary/aromatic N) is 1. The predicted octanol–water partition coefficient (Wildman–Crippen LogP) is -1.34. The van der Waals surface area contributed by atoms with Crippen molar-refractivity contribution in [1.29, 1.82) is 0 Å². The van der Waals surface area contributed by atoms with E-state index in [-0.39, 0.29) is 35.1 Å². The molecule has 0 unspecified atom stereocenters. The van der Waals surface area contributed by atoms with Crippen molar-refractivity contribution in [3.05, 3.63) is 39.7 Å². The molecule has 20 heavy (non-hydrogen) atoms. The van der Waals surface area contributed by atoms with Gasteiger partial charge in [0.2, 0.25) is 5.43 Å². The molecule has 3 rings (SSSR count). The number of carboxylic acids is 1. The van der Waals surface area contributed by atoms with Crippen LogP contribution in [0.15, 0.2) is 23.1 Å². The topological polar surface area (TPSA) is 68.5 Å². The van der Waals surface area contributed by atoms with Gasteiger partial charge in [-0.15, -0.1) is 0 Å². The van der Waals surface area contributed by atoms with Crippen molar-refractivity contribution in [3.8, 4) is 5.75 Å². The minimum atomic E-state index is -1.20. The zero-order valence-corrected chi connectivity index (χ0v) is 13.5. The first-order valence-electron chi connectivity index (χ1n) is 6.18. The van der Waals surface area contributed by atoms with Gasteiger partial charge in [-0.25, -0.2) is 4.79 Å². The van der Waals surface area contributed by atoms with Crippen molar-refractivity contribution in [2.24, 2.45) is 0 Å². The Morgan fingerprint density at radius 1 is 1.45 bits per heavy atom. The second kappa shape index (κ2) is 5.60. The predicted molar refractivity (Wildman–Crippen MR) is 70.0 cm³/mol. The molecule has 0 saturated heterocycles. The van der Waals surface area contributed by atoms with E-state index >= 15 is 0 Å². The number of fused-ring (bicyclic) bond motifs is 2. The van der Waals surface area contributed by atoms with Gasteiger partial charge < -0.3 is 14.4 Å². The molecule has 2 aromatic rings. The summed E-state index contributed by atoms with van der Waals surface area (Å²) < 4.78 is 7.23.